The maximum atomic E-state index is 14.2. The molecular weight excluding hydrogens is 1410 g/mol. The van der Waals surface area contributed by atoms with Gasteiger partial charge in [0.1, 0.15) is 77.2 Å². The zero-order valence-electron chi connectivity index (χ0n) is 48.3. The van der Waals surface area contributed by atoms with E-state index in [1.807, 2.05) is 0 Å². The van der Waals surface area contributed by atoms with E-state index in [2.05, 4.69) is 82.9 Å². The molecule has 5 aromatic heterocycles. The maximum absolute atomic E-state index is 14.2. The summed E-state index contributed by atoms with van der Waals surface area (Å²) in [6.45, 7) is 5.12. The minimum atomic E-state index is -1.44. The van der Waals surface area contributed by atoms with E-state index in [0.717, 1.165) is 15.7 Å². The fourth-order valence-corrected chi connectivity index (χ4v) is 8.29. The molecule has 96 heavy (non-hydrogen) atoms. The molecule has 0 fully saturated rings. The molecule has 32 nitrogen and oxygen atoms in total. The molecule has 0 saturated carbocycles. The molecule has 0 unspecified atom stereocenters. The Morgan fingerprint density at radius 1 is 0.500 bits per heavy atom. The highest BCUT2D eigenvalue weighted by molar-refractivity contribution is 6.32. The number of aromatic nitrogens is 20. The van der Waals surface area contributed by atoms with E-state index in [-0.39, 0.29) is 88.2 Å². The highest BCUT2D eigenvalue weighted by Gasteiger charge is 2.24. The standard InChI is InChI=1S/C13H15ClFN5O2.C8H5ClFN5O.C8H7ClFN5.C8H3ClFN5.C8H4ClFN4O2.C7H5ClFNO2/c1-13(2,3)22-12(21)16-6-8-10(20-7-17-18-19-20)5-4-9(14)11(8)15;9-4-1-2-5(15-3-12-13-14-15)6(7(4)10)8(11)16;2*9-6-1-2-7(5(3-11)8(6)10)15-4-12-13-14-15;9-4-1-2-5(14-3-11-12-13-14)6(7(4)10)8(15)16;8-3-1-2-4(10)5(6(3)9)7(11)12/h4-5,7H,6H2,1-3H3,(H,16,21);1-3H,(H2,11,16);1-2,4H,3,11H2;1-2,4H;1-3H,(H,15,16);1-2H,10H2,(H,11,12). The number of carboxylic acids is 2. The van der Waals surface area contributed by atoms with E-state index in [9.17, 15) is 45.5 Å². The predicted octanol–water partition coefficient (Wildman–Crippen LogP) is 8.19. The average molecular weight is 1450 g/mol. The number of primary amides is 1. The third-order valence-corrected chi connectivity index (χ3v) is 13.2. The van der Waals surface area contributed by atoms with Crippen molar-refractivity contribution < 1.29 is 60.5 Å². The molecule has 0 radical (unpaired) electrons. The Labute approximate surface area is 562 Å². The van der Waals surface area contributed by atoms with Gasteiger partial charge in [-0.25, -0.2) is 50.1 Å². The van der Waals surface area contributed by atoms with Crippen molar-refractivity contribution in [1.82, 2.24) is 106 Å². The van der Waals surface area contributed by atoms with Gasteiger partial charge in [-0.05, 0) is 146 Å². The summed E-state index contributed by atoms with van der Waals surface area (Å²) in [4.78, 5) is 44.1. The number of carboxylic acid groups (broad SMARTS) is 2. The first-order valence-electron chi connectivity index (χ1n) is 25.6. The summed E-state index contributed by atoms with van der Waals surface area (Å²) in [6.07, 6.45) is 5.67. The van der Waals surface area contributed by atoms with Crippen molar-refractivity contribution in [2.24, 2.45) is 11.5 Å². The van der Waals surface area contributed by atoms with E-state index in [0.29, 0.717) is 11.4 Å². The Morgan fingerprint density at radius 3 is 1.19 bits per heavy atom. The van der Waals surface area contributed by atoms with Crippen LogP contribution < -0.4 is 22.5 Å². The molecule has 2 amide bonds. The molecule has 5 heterocycles. The van der Waals surface area contributed by atoms with Crippen molar-refractivity contribution in [2.45, 2.75) is 39.5 Å². The van der Waals surface area contributed by atoms with Crippen LogP contribution in [0.1, 0.15) is 68.5 Å². The van der Waals surface area contributed by atoms with Gasteiger partial charge in [0.2, 0.25) is 0 Å². The number of nitrogen functional groups attached to an aromatic ring is 1. The second-order valence-electron chi connectivity index (χ2n) is 18.7. The van der Waals surface area contributed by atoms with Crippen molar-refractivity contribution in [1.29, 1.82) is 5.26 Å². The minimum Gasteiger partial charge on any atom is -0.478 e. The van der Waals surface area contributed by atoms with E-state index in [1.54, 1.807) is 39.0 Å². The van der Waals surface area contributed by atoms with Gasteiger partial charge >= 0.3 is 18.0 Å². The second kappa shape index (κ2) is 33.7. The van der Waals surface area contributed by atoms with Gasteiger partial charge in [0.25, 0.3) is 5.91 Å². The number of anilines is 1. The Balaban J connectivity index is 0.000000184. The highest BCUT2D eigenvalue weighted by Crippen LogP contribution is 2.29. The summed E-state index contributed by atoms with van der Waals surface area (Å²) in [5.41, 5.74) is 15.0. The number of halogens is 12. The van der Waals surface area contributed by atoms with Gasteiger partial charge in [0.05, 0.1) is 65.1 Å². The molecule has 0 saturated heterocycles. The second-order valence-corrected chi connectivity index (χ2v) is 21.2. The number of hydrogen-bond acceptors (Lipinski definition) is 23. The number of alkyl carbamates (subject to hydrolysis) is 1. The van der Waals surface area contributed by atoms with Crippen LogP contribution in [0, 0.1) is 46.2 Å². The number of carbonyl (C=O) groups excluding carboxylic acids is 2. The number of tetrazole rings is 5. The Morgan fingerprint density at radius 2 is 0.823 bits per heavy atom. The molecule has 0 spiro atoms. The van der Waals surface area contributed by atoms with Gasteiger partial charge in [-0.15, -0.1) is 25.5 Å². The lowest BCUT2D eigenvalue weighted by atomic mass is 10.1. The van der Waals surface area contributed by atoms with Crippen molar-refractivity contribution >= 4 is 99.2 Å². The smallest absolute Gasteiger partial charge is 0.407 e. The topological polar surface area (TPSA) is 450 Å². The first-order valence-corrected chi connectivity index (χ1v) is 27.9. The number of benzene rings is 6. The van der Waals surface area contributed by atoms with Crippen molar-refractivity contribution in [3.63, 3.8) is 0 Å². The number of amides is 2. The van der Waals surface area contributed by atoms with Crippen LogP contribution in [-0.2, 0) is 17.8 Å². The first-order chi connectivity index (χ1) is 45.5. The first kappa shape index (κ1) is 74.0. The van der Waals surface area contributed by atoms with Crippen LogP contribution in [0.5, 0.6) is 0 Å². The van der Waals surface area contributed by atoms with Crippen LogP contribution in [0.15, 0.2) is 104 Å². The summed E-state index contributed by atoms with van der Waals surface area (Å²) in [5.74, 6) is -8.65. The SMILES string of the molecule is CC(C)(C)OC(=O)NCc1c(-n2cnnn2)ccc(Cl)c1F.N#Cc1c(-n2cnnn2)ccc(Cl)c1F.NC(=O)c1c(-n2cnnn2)ccc(Cl)c1F.NCc1c(-n2cnnn2)ccc(Cl)c1F.Nc1ccc(Cl)c(F)c1C(=O)O.O=C(O)c1c(-n2cnnn2)ccc(Cl)c1F. The van der Waals surface area contributed by atoms with E-state index in [1.165, 1.54) is 100 Å². The van der Waals surface area contributed by atoms with E-state index in [4.69, 9.17) is 107 Å². The van der Waals surface area contributed by atoms with Gasteiger partial charge in [-0.1, -0.05) is 69.6 Å². The quantitative estimate of drug-likeness (QED) is 0.0524. The van der Waals surface area contributed by atoms with Crippen LogP contribution >= 0.6 is 69.6 Å². The Bertz CT molecular complexity index is 4480. The summed E-state index contributed by atoms with van der Waals surface area (Å²) in [6, 6.07) is 18.3. The largest absolute Gasteiger partial charge is 0.478 e. The molecule has 0 atom stereocenters. The van der Waals surface area contributed by atoms with Crippen LogP contribution in [0.2, 0.25) is 30.1 Å². The monoisotopic (exact) mass is 1450 g/mol. The van der Waals surface area contributed by atoms with Crippen LogP contribution in [-0.4, -0.2) is 141 Å². The normalized spacial score (nSPS) is 10.5. The molecule has 6 aromatic carbocycles. The van der Waals surface area contributed by atoms with Crippen LogP contribution in [0.4, 0.5) is 36.8 Å². The molecule has 0 aliphatic heterocycles. The molecule has 44 heteroatoms. The molecule has 9 N–H and O–H groups in total. The minimum absolute atomic E-state index is 0.0133. The average Bonchev–Trinajstić information content (AvgIpc) is 1.27. The van der Waals surface area contributed by atoms with Gasteiger partial charge in [0, 0.05) is 23.4 Å². The summed E-state index contributed by atoms with van der Waals surface area (Å²) >= 11 is 33.3. The number of hydrogen-bond donors (Lipinski definition) is 6. The summed E-state index contributed by atoms with van der Waals surface area (Å²) in [7, 11) is 0. The fourth-order valence-electron chi connectivity index (χ4n) is 7.31. The highest BCUT2D eigenvalue weighted by atomic mass is 35.5. The number of nitrogens with zero attached hydrogens (tertiary/aromatic N) is 21. The number of rotatable bonds is 11. The molecule has 0 aliphatic rings. The number of nitriles is 1. The molecule has 498 valence electrons. The molecule has 0 bridgehead atoms. The van der Waals surface area contributed by atoms with Crippen molar-refractivity contribution in [3.8, 4) is 34.5 Å². The van der Waals surface area contributed by atoms with Gasteiger partial charge < -0.3 is 37.5 Å². The van der Waals surface area contributed by atoms with Gasteiger partial charge in [0.15, 0.2) is 23.3 Å². The lowest BCUT2D eigenvalue weighted by molar-refractivity contribution is 0.0521. The van der Waals surface area contributed by atoms with E-state index >= 15 is 0 Å². The molecular formula is C52H39Cl6F6N25O7. The van der Waals surface area contributed by atoms with Crippen LogP contribution in [0.3, 0.4) is 0 Å². The lowest BCUT2D eigenvalue weighted by Gasteiger charge is -2.20. The summed E-state index contributed by atoms with van der Waals surface area (Å²) in [5, 5.41) is 79.9. The summed E-state index contributed by atoms with van der Waals surface area (Å²) < 4.78 is 92.3. The zero-order valence-corrected chi connectivity index (χ0v) is 52.9. The van der Waals surface area contributed by atoms with Gasteiger partial charge in [-0.3, -0.25) is 4.79 Å². The number of nitrogens with two attached hydrogens (primary N) is 3. The van der Waals surface area contributed by atoms with Crippen molar-refractivity contribution in [3.05, 3.63) is 203 Å². The Hall–Kier alpha value is -11.1. The third-order valence-electron chi connectivity index (χ3n) is 11.5. The predicted molar refractivity (Wildman–Crippen MR) is 325 cm³/mol. The Kier molecular flexibility index (Phi) is 25.9. The molecule has 11 aromatic rings. The number of carbonyl (C=O) groups is 4. The number of nitrogens with one attached hydrogen (secondary N) is 1. The zero-order chi connectivity index (χ0) is 70.7. The lowest BCUT2D eigenvalue weighted by Crippen LogP contribution is -2.32. The van der Waals surface area contributed by atoms with Crippen molar-refractivity contribution in [2.75, 3.05) is 5.73 Å². The third kappa shape index (κ3) is 18.8. The number of ether oxygens (including phenoxy) is 1. The van der Waals surface area contributed by atoms with Crippen LogP contribution in [0.25, 0.3) is 28.4 Å². The van der Waals surface area contributed by atoms with E-state index < -0.39 is 75.6 Å². The fraction of sp³-hybridized carbons (Fsp3) is 0.115. The molecule has 11 rings (SSSR count). The maximum Gasteiger partial charge on any atom is 0.407 e. The number of aromatic carboxylic acids is 2. The van der Waals surface area contributed by atoms with Gasteiger partial charge in [-0.2, -0.15) is 19.3 Å². The molecule has 0 aliphatic carbocycles.